The van der Waals surface area contributed by atoms with Crippen LogP contribution in [0.5, 0.6) is 0 Å². The maximum Gasteiger partial charge on any atom is 0.242 e. The number of hydrogen-bond donors (Lipinski definition) is 0. The lowest BCUT2D eigenvalue weighted by Gasteiger charge is -2.37. The van der Waals surface area contributed by atoms with E-state index in [-0.39, 0.29) is 43.0 Å². The first-order valence-electron chi connectivity index (χ1n) is 8.22. The highest BCUT2D eigenvalue weighted by molar-refractivity contribution is 6.30. The Labute approximate surface area is 153 Å². The number of benzene rings is 1. The molecule has 0 unspecified atom stereocenters. The number of rotatable bonds is 4. The van der Waals surface area contributed by atoms with E-state index in [1.165, 1.54) is 0 Å². The minimum absolute atomic E-state index is 0.0515. The average Bonchev–Trinajstić information content (AvgIpc) is 3.16. The number of amides is 3. The first kappa shape index (κ1) is 16.7. The van der Waals surface area contributed by atoms with Gasteiger partial charge in [0.15, 0.2) is 0 Å². The van der Waals surface area contributed by atoms with E-state index < -0.39 is 0 Å². The van der Waals surface area contributed by atoms with E-state index in [1.807, 2.05) is 6.07 Å². The lowest BCUT2D eigenvalue weighted by Crippen LogP contribution is -2.52. The summed E-state index contributed by atoms with van der Waals surface area (Å²) in [5.41, 5.74) is 0.755. The molecule has 0 spiro atoms. The number of hydrogen-bond acceptors (Lipinski definition) is 6. The van der Waals surface area contributed by atoms with Gasteiger partial charge in [-0.3, -0.25) is 19.3 Å². The van der Waals surface area contributed by atoms with Gasteiger partial charge < -0.3 is 9.42 Å². The van der Waals surface area contributed by atoms with E-state index in [9.17, 15) is 14.4 Å². The monoisotopic (exact) mass is 374 g/mol. The molecule has 2 aromatic rings. The zero-order valence-corrected chi connectivity index (χ0v) is 14.5. The lowest BCUT2D eigenvalue weighted by atomic mass is 10.00. The Morgan fingerprint density at radius 3 is 2.65 bits per heavy atom. The molecule has 2 saturated heterocycles. The van der Waals surface area contributed by atoms with Crippen LogP contribution in [-0.2, 0) is 14.4 Å². The van der Waals surface area contributed by atoms with Crippen molar-refractivity contribution in [3.63, 3.8) is 0 Å². The van der Waals surface area contributed by atoms with Crippen LogP contribution in [0.4, 0.5) is 0 Å². The molecule has 0 saturated carbocycles. The van der Waals surface area contributed by atoms with Gasteiger partial charge in [0.2, 0.25) is 29.4 Å². The smallest absolute Gasteiger partial charge is 0.242 e. The van der Waals surface area contributed by atoms with Crippen LogP contribution in [0.2, 0.25) is 5.02 Å². The molecule has 3 heterocycles. The molecule has 1 aromatic carbocycles. The number of carbonyl (C=O) groups excluding carboxylic acids is 3. The van der Waals surface area contributed by atoms with Gasteiger partial charge in [-0.15, -0.1) is 0 Å². The quantitative estimate of drug-likeness (QED) is 0.752. The van der Waals surface area contributed by atoms with Crippen molar-refractivity contribution in [3.05, 3.63) is 35.2 Å². The highest BCUT2D eigenvalue weighted by Crippen LogP contribution is 2.28. The molecule has 134 valence electrons. The van der Waals surface area contributed by atoms with Crippen LogP contribution in [-0.4, -0.2) is 57.3 Å². The van der Waals surface area contributed by atoms with Gasteiger partial charge in [-0.25, -0.2) is 0 Å². The zero-order valence-electron chi connectivity index (χ0n) is 13.7. The lowest BCUT2D eigenvalue weighted by molar-refractivity contribution is -0.147. The molecule has 4 rings (SSSR count). The topological polar surface area (TPSA) is 96.6 Å². The summed E-state index contributed by atoms with van der Waals surface area (Å²) in [4.78, 5) is 42.4. The fourth-order valence-electron chi connectivity index (χ4n) is 3.02. The Morgan fingerprint density at radius 1 is 1.23 bits per heavy atom. The Bertz CT molecular complexity index is 874. The van der Waals surface area contributed by atoms with E-state index in [0.29, 0.717) is 29.8 Å². The molecule has 0 aliphatic carbocycles. The summed E-state index contributed by atoms with van der Waals surface area (Å²) in [5.74, 6) is 0.0219. The van der Waals surface area contributed by atoms with Gasteiger partial charge in [0, 0.05) is 36.5 Å². The molecular formula is C17H15ClN4O4. The molecule has 26 heavy (non-hydrogen) atoms. The molecule has 9 heteroatoms. The van der Waals surface area contributed by atoms with Gasteiger partial charge >= 0.3 is 0 Å². The summed E-state index contributed by atoms with van der Waals surface area (Å²) in [5, 5.41) is 4.54. The number of halogens is 1. The largest absolute Gasteiger partial charge is 0.339 e. The van der Waals surface area contributed by atoms with Crippen LogP contribution < -0.4 is 0 Å². The van der Waals surface area contributed by atoms with Crippen LogP contribution in [0, 0.1) is 0 Å². The number of nitrogens with zero attached hydrogens (tertiary/aromatic N) is 4. The second-order valence-electron chi connectivity index (χ2n) is 6.34. The Balaban J connectivity index is 1.36. The zero-order chi connectivity index (χ0) is 18.3. The van der Waals surface area contributed by atoms with Crippen molar-refractivity contribution < 1.29 is 18.9 Å². The van der Waals surface area contributed by atoms with Crippen LogP contribution in [0.15, 0.2) is 28.8 Å². The number of carbonyl (C=O) groups is 3. The van der Waals surface area contributed by atoms with Crippen molar-refractivity contribution in [1.29, 1.82) is 0 Å². The third-order valence-electron chi connectivity index (χ3n) is 4.56. The van der Waals surface area contributed by atoms with Gasteiger partial charge in [-0.2, -0.15) is 4.98 Å². The van der Waals surface area contributed by atoms with E-state index in [0.717, 1.165) is 10.5 Å². The Kier molecular flexibility index (Phi) is 4.20. The van der Waals surface area contributed by atoms with Crippen LogP contribution in [0.25, 0.3) is 11.4 Å². The standard InChI is InChI=1S/C17H15ClN4O4/c18-12-3-1-2-10(6-12)16-19-17(26-20-16)11-7-21(8-11)15(25)9-22-13(23)4-5-14(22)24/h1-3,6,11H,4-5,7-9H2. The fraction of sp³-hybridized carbons (Fsp3) is 0.353. The Morgan fingerprint density at radius 2 is 1.96 bits per heavy atom. The maximum atomic E-state index is 12.2. The molecule has 0 bridgehead atoms. The predicted molar refractivity (Wildman–Crippen MR) is 90.0 cm³/mol. The molecule has 1 aromatic heterocycles. The van der Waals surface area contributed by atoms with Gasteiger partial charge in [-0.1, -0.05) is 28.9 Å². The predicted octanol–water partition coefficient (Wildman–Crippen LogP) is 1.46. The van der Waals surface area contributed by atoms with Gasteiger partial charge in [0.05, 0.1) is 5.92 Å². The summed E-state index contributed by atoms with van der Waals surface area (Å²) in [6.45, 7) is 0.653. The SMILES string of the molecule is O=C(CN1C(=O)CCC1=O)N1CC(c2nc(-c3cccc(Cl)c3)no2)C1. The van der Waals surface area contributed by atoms with E-state index in [1.54, 1.807) is 23.1 Å². The highest BCUT2D eigenvalue weighted by atomic mass is 35.5. The van der Waals surface area contributed by atoms with Gasteiger partial charge in [0.1, 0.15) is 6.54 Å². The molecule has 0 N–H and O–H groups in total. The Hall–Kier alpha value is -2.74. The molecule has 2 aliphatic rings. The molecule has 3 amide bonds. The minimum Gasteiger partial charge on any atom is -0.339 e. The summed E-state index contributed by atoms with van der Waals surface area (Å²) >= 11 is 5.96. The third-order valence-corrected chi connectivity index (χ3v) is 4.79. The maximum absolute atomic E-state index is 12.2. The first-order chi connectivity index (χ1) is 12.5. The summed E-state index contributed by atoms with van der Waals surface area (Å²) in [7, 11) is 0. The van der Waals surface area contributed by atoms with Crippen molar-refractivity contribution in [2.24, 2.45) is 0 Å². The molecule has 0 atom stereocenters. The number of imide groups is 1. The third kappa shape index (κ3) is 3.08. The van der Waals surface area contributed by atoms with Crippen molar-refractivity contribution in [1.82, 2.24) is 19.9 Å². The van der Waals surface area contributed by atoms with E-state index >= 15 is 0 Å². The second-order valence-corrected chi connectivity index (χ2v) is 6.77. The second kappa shape index (κ2) is 6.53. The summed E-state index contributed by atoms with van der Waals surface area (Å²) < 4.78 is 5.30. The summed E-state index contributed by atoms with van der Waals surface area (Å²) in [6.07, 6.45) is 0.367. The molecule has 8 nitrogen and oxygen atoms in total. The van der Waals surface area contributed by atoms with Crippen LogP contribution >= 0.6 is 11.6 Å². The van der Waals surface area contributed by atoms with Crippen LogP contribution in [0.3, 0.4) is 0 Å². The number of likely N-dealkylation sites (tertiary alicyclic amines) is 2. The van der Waals surface area contributed by atoms with Gasteiger partial charge in [-0.05, 0) is 12.1 Å². The first-order valence-corrected chi connectivity index (χ1v) is 8.59. The van der Waals surface area contributed by atoms with E-state index in [2.05, 4.69) is 10.1 Å². The van der Waals surface area contributed by atoms with Crippen molar-refractivity contribution in [3.8, 4) is 11.4 Å². The summed E-state index contributed by atoms with van der Waals surface area (Å²) in [6, 6.07) is 7.15. The molecule has 2 fully saturated rings. The molecular weight excluding hydrogens is 360 g/mol. The van der Waals surface area contributed by atoms with Gasteiger partial charge in [0.25, 0.3) is 0 Å². The van der Waals surface area contributed by atoms with Crippen LogP contribution in [0.1, 0.15) is 24.7 Å². The molecule has 0 radical (unpaired) electrons. The van der Waals surface area contributed by atoms with Crippen molar-refractivity contribution in [2.45, 2.75) is 18.8 Å². The number of aromatic nitrogens is 2. The van der Waals surface area contributed by atoms with E-state index in [4.69, 9.17) is 16.1 Å². The minimum atomic E-state index is -0.288. The normalized spacial score (nSPS) is 17.7. The van der Waals surface area contributed by atoms with Crippen molar-refractivity contribution in [2.75, 3.05) is 19.6 Å². The highest BCUT2D eigenvalue weighted by Gasteiger charge is 2.38. The van der Waals surface area contributed by atoms with Crippen molar-refractivity contribution >= 4 is 29.3 Å². The fourth-order valence-corrected chi connectivity index (χ4v) is 3.21. The average molecular weight is 375 g/mol. The molecule has 2 aliphatic heterocycles.